The predicted molar refractivity (Wildman–Crippen MR) is 83.0 cm³/mol. The van der Waals surface area contributed by atoms with Gasteiger partial charge in [-0.1, -0.05) is 35.3 Å². The Bertz CT molecular complexity index is 678. The number of carbonyl (C=O) groups is 1. The van der Waals surface area contributed by atoms with E-state index in [-0.39, 0.29) is 5.76 Å². The fraction of sp³-hybridized carbons (Fsp3) is 0.375. The normalized spacial score (nSPS) is 15.9. The predicted octanol–water partition coefficient (Wildman–Crippen LogP) is 3.68. The molecule has 2 aromatic rings. The van der Waals surface area contributed by atoms with Crippen LogP contribution in [0.15, 0.2) is 28.8 Å². The van der Waals surface area contributed by atoms with Crippen LogP contribution in [-0.2, 0) is 6.54 Å². The number of halogens is 1. The van der Waals surface area contributed by atoms with Crippen molar-refractivity contribution in [3.05, 3.63) is 40.6 Å². The van der Waals surface area contributed by atoms with Gasteiger partial charge in [-0.05, 0) is 37.6 Å². The van der Waals surface area contributed by atoms with Crippen LogP contribution in [0.3, 0.4) is 0 Å². The number of likely N-dealkylation sites (tertiary alicyclic amines) is 1. The maximum absolute atomic E-state index is 10.8. The Balaban J connectivity index is 1.77. The summed E-state index contributed by atoms with van der Waals surface area (Å²) in [4.78, 5) is 13.2. The van der Waals surface area contributed by atoms with Crippen molar-refractivity contribution in [1.29, 1.82) is 0 Å². The van der Waals surface area contributed by atoms with Gasteiger partial charge in [0.05, 0.1) is 0 Å². The number of benzene rings is 1. The molecule has 22 heavy (non-hydrogen) atoms. The monoisotopic (exact) mass is 320 g/mol. The number of carboxylic acids is 1. The van der Waals surface area contributed by atoms with E-state index in [1.54, 1.807) is 0 Å². The molecule has 1 aromatic heterocycles. The maximum atomic E-state index is 10.8. The summed E-state index contributed by atoms with van der Waals surface area (Å²) in [6.07, 6.45) is 3.79. The van der Waals surface area contributed by atoms with Crippen LogP contribution >= 0.6 is 11.6 Å². The number of aromatic carboxylic acids is 1. The minimum Gasteiger partial charge on any atom is -0.475 e. The average molecular weight is 321 g/mol. The number of hydrogen-bond donors (Lipinski definition) is 1. The second-order valence-electron chi connectivity index (χ2n) is 5.52. The molecule has 1 saturated heterocycles. The van der Waals surface area contributed by atoms with Crippen molar-refractivity contribution in [1.82, 2.24) is 10.1 Å². The first kappa shape index (κ1) is 15.1. The molecule has 0 radical (unpaired) electrons. The van der Waals surface area contributed by atoms with Gasteiger partial charge in [-0.25, -0.2) is 4.79 Å². The highest BCUT2D eigenvalue weighted by atomic mass is 35.5. The van der Waals surface area contributed by atoms with Gasteiger partial charge in [0.25, 0.3) is 0 Å². The summed E-state index contributed by atoms with van der Waals surface area (Å²) in [5, 5.41) is 13.3. The summed E-state index contributed by atoms with van der Waals surface area (Å²) in [5.74, 6) is -1.31. The zero-order valence-corrected chi connectivity index (χ0v) is 12.8. The molecule has 0 bridgehead atoms. The number of nitrogens with zero attached hydrogens (tertiary/aromatic N) is 2. The van der Waals surface area contributed by atoms with Gasteiger partial charge in [-0.3, -0.25) is 4.90 Å². The standard InChI is InChI=1S/C16H17ClN2O3/c17-13-8-11(14-9-15(16(20)21)22-18-14)4-5-12(13)10-19-6-2-1-3-7-19/h4-5,8-9H,1-3,6-7,10H2,(H,20,21). The van der Waals surface area contributed by atoms with Crippen molar-refractivity contribution in [3.8, 4) is 11.3 Å². The van der Waals surface area contributed by atoms with Crippen LogP contribution in [0.4, 0.5) is 0 Å². The van der Waals surface area contributed by atoms with Crippen LogP contribution in [0.25, 0.3) is 11.3 Å². The third-order valence-corrected chi connectivity index (χ3v) is 4.26. The molecule has 1 fully saturated rings. The number of piperidine rings is 1. The topological polar surface area (TPSA) is 66.6 Å². The first-order valence-electron chi connectivity index (χ1n) is 7.34. The van der Waals surface area contributed by atoms with E-state index in [1.165, 1.54) is 25.3 Å². The zero-order chi connectivity index (χ0) is 15.5. The second-order valence-corrected chi connectivity index (χ2v) is 5.93. The molecule has 0 atom stereocenters. The molecule has 0 amide bonds. The first-order chi connectivity index (χ1) is 10.6. The van der Waals surface area contributed by atoms with Gasteiger partial charge in [0, 0.05) is 23.2 Å². The van der Waals surface area contributed by atoms with E-state index >= 15 is 0 Å². The highest BCUT2D eigenvalue weighted by Crippen LogP contribution is 2.27. The van der Waals surface area contributed by atoms with Gasteiger partial charge in [0.2, 0.25) is 5.76 Å². The minimum absolute atomic E-state index is 0.177. The summed E-state index contributed by atoms with van der Waals surface area (Å²) in [5.41, 5.74) is 2.31. The number of hydrogen-bond acceptors (Lipinski definition) is 4. The van der Waals surface area contributed by atoms with Crippen LogP contribution < -0.4 is 0 Å². The van der Waals surface area contributed by atoms with Crippen LogP contribution in [0, 0.1) is 0 Å². The SMILES string of the molecule is O=C(O)c1cc(-c2ccc(CN3CCCCC3)c(Cl)c2)no1. The Morgan fingerprint density at radius 2 is 2.05 bits per heavy atom. The van der Waals surface area contributed by atoms with E-state index in [2.05, 4.69) is 10.1 Å². The lowest BCUT2D eigenvalue weighted by Gasteiger charge is -2.26. The first-order valence-corrected chi connectivity index (χ1v) is 7.72. The summed E-state index contributed by atoms with van der Waals surface area (Å²) in [6, 6.07) is 7.08. The largest absolute Gasteiger partial charge is 0.475 e. The third kappa shape index (κ3) is 3.31. The molecular formula is C16H17ClN2O3. The molecule has 6 heteroatoms. The van der Waals surface area contributed by atoms with Gasteiger partial charge in [-0.2, -0.15) is 0 Å². The highest BCUT2D eigenvalue weighted by Gasteiger charge is 2.15. The van der Waals surface area contributed by atoms with Crippen molar-refractivity contribution in [2.24, 2.45) is 0 Å². The quantitative estimate of drug-likeness (QED) is 0.930. The molecular weight excluding hydrogens is 304 g/mol. The molecule has 1 aliphatic heterocycles. The van der Waals surface area contributed by atoms with E-state index in [9.17, 15) is 4.79 Å². The van der Waals surface area contributed by atoms with Crippen molar-refractivity contribution >= 4 is 17.6 Å². The van der Waals surface area contributed by atoms with E-state index in [1.807, 2.05) is 18.2 Å². The van der Waals surface area contributed by atoms with Gasteiger partial charge in [0.15, 0.2) is 0 Å². The minimum atomic E-state index is -1.13. The molecule has 3 rings (SSSR count). The Hall–Kier alpha value is -1.85. The number of aromatic nitrogens is 1. The van der Waals surface area contributed by atoms with Gasteiger partial charge in [0.1, 0.15) is 5.69 Å². The molecule has 1 aliphatic rings. The van der Waals surface area contributed by atoms with Gasteiger partial charge in [-0.15, -0.1) is 0 Å². The Morgan fingerprint density at radius 1 is 1.27 bits per heavy atom. The third-order valence-electron chi connectivity index (χ3n) is 3.91. The smallest absolute Gasteiger partial charge is 0.374 e. The Morgan fingerprint density at radius 3 is 2.68 bits per heavy atom. The fourth-order valence-electron chi connectivity index (χ4n) is 2.71. The lowest BCUT2D eigenvalue weighted by Crippen LogP contribution is -2.29. The molecule has 0 unspecified atom stereocenters. The van der Waals surface area contributed by atoms with Gasteiger partial charge >= 0.3 is 5.97 Å². The van der Waals surface area contributed by atoms with E-state index < -0.39 is 5.97 Å². The van der Waals surface area contributed by atoms with Crippen molar-refractivity contribution in [2.45, 2.75) is 25.8 Å². The molecule has 2 heterocycles. The van der Waals surface area contributed by atoms with Crippen LogP contribution in [0.2, 0.25) is 5.02 Å². The molecule has 0 aliphatic carbocycles. The molecule has 5 nitrogen and oxygen atoms in total. The second kappa shape index (κ2) is 6.50. The Labute approximate surface area is 133 Å². The molecule has 1 N–H and O–H groups in total. The lowest BCUT2D eigenvalue weighted by molar-refractivity contribution is 0.0652. The fourth-order valence-corrected chi connectivity index (χ4v) is 2.95. The summed E-state index contributed by atoms with van der Waals surface area (Å²) in [7, 11) is 0. The molecule has 116 valence electrons. The van der Waals surface area contributed by atoms with Crippen molar-refractivity contribution in [3.63, 3.8) is 0 Å². The van der Waals surface area contributed by atoms with Crippen molar-refractivity contribution < 1.29 is 14.4 Å². The van der Waals surface area contributed by atoms with E-state index in [0.717, 1.165) is 30.8 Å². The molecule has 0 saturated carbocycles. The van der Waals surface area contributed by atoms with Crippen molar-refractivity contribution in [2.75, 3.05) is 13.1 Å². The average Bonchev–Trinajstić information content (AvgIpc) is 3.00. The summed E-state index contributed by atoms with van der Waals surface area (Å²) >= 11 is 6.37. The number of rotatable bonds is 4. The maximum Gasteiger partial charge on any atom is 0.374 e. The van der Waals surface area contributed by atoms with Crippen LogP contribution in [0.5, 0.6) is 0 Å². The summed E-state index contributed by atoms with van der Waals surface area (Å²) in [6.45, 7) is 3.07. The van der Waals surface area contributed by atoms with E-state index in [0.29, 0.717) is 10.7 Å². The molecule has 1 aromatic carbocycles. The zero-order valence-electron chi connectivity index (χ0n) is 12.1. The number of carboxylic acid groups (broad SMARTS) is 1. The lowest BCUT2D eigenvalue weighted by atomic mass is 10.1. The highest BCUT2D eigenvalue weighted by molar-refractivity contribution is 6.31. The van der Waals surface area contributed by atoms with Gasteiger partial charge < -0.3 is 9.63 Å². The summed E-state index contributed by atoms with van der Waals surface area (Å²) < 4.78 is 4.77. The molecule has 0 spiro atoms. The van der Waals surface area contributed by atoms with Crippen LogP contribution in [-0.4, -0.2) is 34.2 Å². The van der Waals surface area contributed by atoms with Crippen LogP contribution in [0.1, 0.15) is 35.4 Å². The Kier molecular flexibility index (Phi) is 4.45. The van der Waals surface area contributed by atoms with E-state index in [4.69, 9.17) is 21.2 Å².